The minimum absolute atomic E-state index is 0.0327. The van der Waals surface area contributed by atoms with Crippen molar-refractivity contribution in [2.75, 3.05) is 0 Å². The SMILES string of the molecule is CC(C)NC(=O)/C(C#N)=C\c1ccc(OCc2ccc(Cl)cc2Cl)cc1. The minimum atomic E-state index is -0.389. The van der Waals surface area contributed by atoms with Gasteiger partial charge in [-0.3, -0.25) is 4.79 Å². The molecule has 0 aliphatic carbocycles. The van der Waals surface area contributed by atoms with Crippen molar-refractivity contribution in [2.24, 2.45) is 0 Å². The first kappa shape index (κ1) is 19.8. The largest absolute Gasteiger partial charge is 0.489 e. The summed E-state index contributed by atoms with van der Waals surface area (Å²) in [4.78, 5) is 11.9. The smallest absolute Gasteiger partial charge is 0.262 e. The van der Waals surface area contributed by atoms with Gasteiger partial charge in [0.15, 0.2) is 0 Å². The highest BCUT2D eigenvalue weighted by atomic mass is 35.5. The standard InChI is InChI=1S/C20H18Cl2N2O2/c1-13(2)24-20(25)16(11-23)9-14-3-7-18(8-4-14)26-12-15-5-6-17(21)10-19(15)22/h3-10,13H,12H2,1-2H3,(H,24,25)/b16-9-. The maximum Gasteiger partial charge on any atom is 0.262 e. The minimum Gasteiger partial charge on any atom is -0.489 e. The molecular weight excluding hydrogens is 371 g/mol. The number of carbonyl (C=O) groups excluding carboxylic acids is 1. The summed E-state index contributed by atoms with van der Waals surface area (Å²) in [7, 11) is 0. The molecule has 0 aliphatic heterocycles. The van der Waals surface area contributed by atoms with Gasteiger partial charge in [-0.15, -0.1) is 0 Å². The molecule has 2 aromatic carbocycles. The second-order valence-electron chi connectivity index (χ2n) is 5.89. The Kier molecular flexibility index (Phi) is 7.08. The molecule has 0 unspecified atom stereocenters. The van der Waals surface area contributed by atoms with E-state index < -0.39 is 0 Å². The molecule has 4 nitrogen and oxygen atoms in total. The van der Waals surface area contributed by atoms with Crippen molar-refractivity contribution >= 4 is 35.2 Å². The molecule has 0 radical (unpaired) electrons. The van der Waals surface area contributed by atoms with E-state index in [0.29, 0.717) is 22.4 Å². The van der Waals surface area contributed by atoms with Crippen molar-refractivity contribution < 1.29 is 9.53 Å². The number of amides is 1. The highest BCUT2D eigenvalue weighted by Crippen LogP contribution is 2.23. The van der Waals surface area contributed by atoms with Gasteiger partial charge in [0.25, 0.3) is 5.91 Å². The van der Waals surface area contributed by atoms with Gasteiger partial charge < -0.3 is 10.1 Å². The van der Waals surface area contributed by atoms with Crippen molar-refractivity contribution in [3.8, 4) is 11.8 Å². The summed E-state index contributed by atoms with van der Waals surface area (Å²) in [5, 5.41) is 13.0. The Balaban J connectivity index is 2.04. The molecule has 0 aromatic heterocycles. The topological polar surface area (TPSA) is 62.1 Å². The van der Waals surface area contributed by atoms with Crippen LogP contribution in [0, 0.1) is 11.3 Å². The summed E-state index contributed by atoms with van der Waals surface area (Å²) >= 11 is 12.0. The van der Waals surface area contributed by atoms with E-state index in [2.05, 4.69) is 5.32 Å². The van der Waals surface area contributed by atoms with Crippen LogP contribution in [0.4, 0.5) is 0 Å². The van der Waals surface area contributed by atoms with Crippen molar-refractivity contribution in [1.29, 1.82) is 5.26 Å². The molecule has 0 fully saturated rings. The lowest BCUT2D eigenvalue weighted by molar-refractivity contribution is -0.117. The third kappa shape index (κ3) is 5.80. The Bertz CT molecular complexity index is 853. The van der Waals surface area contributed by atoms with Crippen LogP contribution >= 0.6 is 23.2 Å². The highest BCUT2D eigenvalue weighted by molar-refractivity contribution is 6.35. The van der Waals surface area contributed by atoms with Gasteiger partial charge in [-0.1, -0.05) is 41.4 Å². The number of rotatable bonds is 6. The molecule has 0 aliphatic rings. The van der Waals surface area contributed by atoms with E-state index in [-0.39, 0.29) is 17.5 Å². The van der Waals surface area contributed by atoms with Gasteiger partial charge in [0, 0.05) is 21.7 Å². The van der Waals surface area contributed by atoms with Crippen molar-refractivity contribution in [3.05, 3.63) is 69.2 Å². The lowest BCUT2D eigenvalue weighted by Gasteiger charge is -2.09. The molecule has 2 aromatic rings. The summed E-state index contributed by atoms with van der Waals surface area (Å²) < 4.78 is 5.71. The molecule has 26 heavy (non-hydrogen) atoms. The molecule has 0 saturated heterocycles. The monoisotopic (exact) mass is 388 g/mol. The molecular formula is C20H18Cl2N2O2. The first-order valence-corrected chi connectivity index (χ1v) is 8.74. The molecule has 1 N–H and O–H groups in total. The fourth-order valence-corrected chi connectivity index (χ4v) is 2.58. The molecule has 0 atom stereocenters. The summed E-state index contributed by atoms with van der Waals surface area (Å²) in [6.45, 7) is 3.99. The Morgan fingerprint density at radius 2 is 1.92 bits per heavy atom. The van der Waals surface area contributed by atoms with Gasteiger partial charge in [-0.25, -0.2) is 0 Å². The van der Waals surface area contributed by atoms with Crippen LogP contribution in [-0.4, -0.2) is 11.9 Å². The Morgan fingerprint density at radius 1 is 1.23 bits per heavy atom. The maximum atomic E-state index is 11.9. The lowest BCUT2D eigenvalue weighted by Crippen LogP contribution is -2.30. The number of benzene rings is 2. The first-order valence-electron chi connectivity index (χ1n) is 7.98. The van der Waals surface area contributed by atoms with Crippen LogP contribution in [0.15, 0.2) is 48.0 Å². The molecule has 0 bridgehead atoms. The third-order valence-electron chi connectivity index (χ3n) is 3.39. The van der Waals surface area contributed by atoms with Crippen LogP contribution in [0.1, 0.15) is 25.0 Å². The molecule has 1 amide bonds. The van der Waals surface area contributed by atoms with Crippen LogP contribution in [0.5, 0.6) is 5.75 Å². The van der Waals surface area contributed by atoms with Gasteiger partial charge in [-0.2, -0.15) is 5.26 Å². The number of halogens is 2. The Labute approximate surface area is 163 Å². The highest BCUT2D eigenvalue weighted by Gasteiger charge is 2.10. The van der Waals surface area contributed by atoms with E-state index in [1.165, 1.54) is 6.08 Å². The number of nitriles is 1. The van der Waals surface area contributed by atoms with Gasteiger partial charge >= 0.3 is 0 Å². The van der Waals surface area contributed by atoms with E-state index in [4.69, 9.17) is 33.2 Å². The molecule has 6 heteroatoms. The number of ether oxygens (including phenoxy) is 1. The van der Waals surface area contributed by atoms with Gasteiger partial charge in [0.1, 0.15) is 24.0 Å². The number of hydrogen-bond donors (Lipinski definition) is 1. The normalized spacial score (nSPS) is 11.2. The van der Waals surface area contributed by atoms with Crippen LogP contribution in [0.3, 0.4) is 0 Å². The molecule has 0 saturated carbocycles. The zero-order valence-electron chi connectivity index (χ0n) is 14.4. The van der Waals surface area contributed by atoms with Crippen LogP contribution < -0.4 is 10.1 Å². The maximum absolute atomic E-state index is 11.9. The van der Waals surface area contributed by atoms with E-state index in [9.17, 15) is 4.79 Å². The molecule has 0 spiro atoms. The molecule has 2 rings (SSSR count). The van der Waals surface area contributed by atoms with Gasteiger partial charge in [0.05, 0.1) is 0 Å². The first-order chi connectivity index (χ1) is 12.4. The van der Waals surface area contributed by atoms with Crippen LogP contribution in [0.25, 0.3) is 6.08 Å². The van der Waals surface area contributed by atoms with Crippen molar-refractivity contribution in [2.45, 2.75) is 26.5 Å². The molecule has 134 valence electrons. The van der Waals surface area contributed by atoms with Crippen LogP contribution in [0.2, 0.25) is 10.0 Å². The predicted molar refractivity (Wildman–Crippen MR) is 104 cm³/mol. The van der Waals surface area contributed by atoms with Crippen molar-refractivity contribution in [1.82, 2.24) is 5.32 Å². The number of hydrogen-bond acceptors (Lipinski definition) is 3. The van der Waals surface area contributed by atoms with E-state index in [0.717, 1.165) is 11.1 Å². The third-order valence-corrected chi connectivity index (χ3v) is 3.97. The lowest BCUT2D eigenvalue weighted by atomic mass is 10.1. The Hall–Kier alpha value is -2.48. The fraction of sp³-hybridized carbons (Fsp3) is 0.200. The number of carbonyl (C=O) groups is 1. The van der Waals surface area contributed by atoms with E-state index in [1.807, 2.05) is 26.0 Å². The van der Waals surface area contributed by atoms with E-state index in [1.54, 1.807) is 36.4 Å². The number of nitrogens with zero attached hydrogens (tertiary/aromatic N) is 1. The van der Waals surface area contributed by atoms with Crippen molar-refractivity contribution in [3.63, 3.8) is 0 Å². The number of nitrogens with one attached hydrogen (secondary N) is 1. The van der Waals surface area contributed by atoms with Crippen LogP contribution in [-0.2, 0) is 11.4 Å². The van der Waals surface area contributed by atoms with E-state index >= 15 is 0 Å². The second-order valence-corrected chi connectivity index (χ2v) is 6.74. The molecule has 0 heterocycles. The second kappa shape index (κ2) is 9.28. The summed E-state index contributed by atoms with van der Waals surface area (Å²) in [5.74, 6) is 0.263. The van der Waals surface area contributed by atoms with Gasteiger partial charge in [0.2, 0.25) is 0 Å². The predicted octanol–water partition coefficient (Wildman–Crippen LogP) is 5.00. The average Bonchev–Trinajstić information content (AvgIpc) is 2.59. The summed E-state index contributed by atoms with van der Waals surface area (Å²) in [6, 6.07) is 14.2. The summed E-state index contributed by atoms with van der Waals surface area (Å²) in [6.07, 6.45) is 1.54. The summed E-state index contributed by atoms with van der Waals surface area (Å²) in [5.41, 5.74) is 1.62. The fourth-order valence-electron chi connectivity index (χ4n) is 2.12. The zero-order valence-corrected chi connectivity index (χ0v) is 15.9. The van der Waals surface area contributed by atoms with Gasteiger partial charge in [-0.05, 0) is 49.8 Å². The Morgan fingerprint density at radius 3 is 2.50 bits per heavy atom. The zero-order chi connectivity index (χ0) is 19.1. The quantitative estimate of drug-likeness (QED) is 0.558. The average molecular weight is 389 g/mol.